The number of rotatable bonds is 4. The number of benzene rings is 1. The molecule has 0 aliphatic heterocycles. The van der Waals surface area contributed by atoms with E-state index >= 15 is 0 Å². The highest BCUT2D eigenvalue weighted by atomic mass is 15.0. The molecule has 4 aromatic rings. The lowest BCUT2D eigenvalue weighted by Crippen LogP contribution is -1.96. The van der Waals surface area contributed by atoms with Crippen molar-refractivity contribution < 1.29 is 0 Å². The van der Waals surface area contributed by atoms with Gasteiger partial charge in [0.25, 0.3) is 0 Å². The van der Waals surface area contributed by atoms with E-state index in [1.165, 1.54) is 0 Å². The Balaban J connectivity index is 1.61. The average molecular weight is 313 g/mol. The largest absolute Gasteiger partial charge is 0.340 e. The first-order valence-corrected chi connectivity index (χ1v) is 7.61. The molecule has 24 heavy (non-hydrogen) atoms. The second kappa shape index (κ2) is 6.34. The van der Waals surface area contributed by atoms with E-state index in [4.69, 9.17) is 0 Å². The molecule has 1 N–H and O–H groups in total. The van der Waals surface area contributed by atoms with Crippen LogP contribution in [0.25, 0.3) is 16.9 Å². The fourth-order valence-corrected chi connectivity index (χ4v) is 2.50. The standard InChI is InChI=1S/C19H15N5/c1-2-8-21-18(6-1)15-7-9-22-19(12-15)23-16-4-3-5-17(13-16)24-11-10-20-14-24/h1-14H,(H,22,23). The molecule has 0 fully saturated rings. The van der Waals surface area contributed by atoms with Gasteiger partial charge in [0.1, 0.15) is 5.82 Å². The first kappa shape index (κ1) is 14.1. The van der Waals surface area contributed by atoms with Crippen LogP contribution in [0.15, 0.2) is 85.7 Å². The molecule has 4 rings (SSSR count). The molecule has 116 valence electrons. The minimum absolute atomic E-state index is 0.779. The van der Waals surface area contributed by atoms with E-state index in [0.717, 1.165) is 28.5 Å². The number of nitrogens with one attached hydrogen (secondary N) is 1. The second-order valence-corrected chi connectivity index (χ2v) is 5.29. The molecule has 0 unspecified atom stereocenters. The molecule has 0 amide bonds. The summed E-state index contributed by atoms with van der Waals surface area (Å²) in [6.45, 7) is 0. The van der Waals surface area contributed by atoms with E-state index in [1.807, 2.05) is 59.3 Å². The zero-order valence-corrected chi connectivity index (χ0v) is 12.9. The molecule has 3 aromatic heterocycles. The Kier molecular flexibility index (Phi) is 3.73. The quantitative estimate of drug-likeness (QED) is 0.617. The summed E-state index contributed by atoms with van der Waals surface area (Å²) >= 11 is 0. The van der Waals surface area contributed by atoms with Crippen LogP contribution in [0.4, 0.5) is 11.5 Å². The zero-order chi connectivity index (χ0) is 16.2. The summed E-state index contributed by atoms with van der Waals surface area (Å²) in [5.74, 6) is 0.779. The van der Waals surface area contributed by atoms with Crippen LogP contribution in [0, 0.1) is 0 Å². The zero-order valence-electron chi connectivity index (χ0n) is 12.9. The highest BCUT2D eigenvalue weighted by molar-refractivity contribution is 5.66. The smallest absolute Gasteiger partial charge is 0.130 e. The summed E-state index contributed by atoms with van der Waals surface area (Å²) in [4.78, 5) is 12.9. The van der Waals surface area contributed by atoms with Crippen LogP contribution < -0.4 is 5.32 Å². The molecular formula is C19H15N5. The molecule has 0 bridgehead atoms. The molecule has 0 aliphatic carbocycles. The summed E-state index contributed by atoms with van der Waals surface area (Å²) < 4.78 is 1.96. The Bertz CT molecular complexity index is 933. The summed E-state index contributed by atoms with van der Waals surface area (Å²) in [5.41, 5.74) is 3.96. The van der Waals surface area contributed by atoms with Crippen LogP contribution in [-0.4, -0.2) is 19.5 Å². The van der Waals surface area contributed by atoms with Gasteiger partial charge in [-0.25, -0.2) is 9.97 Å². The number of hydrogen-bond acceptors (Lipinski definition) is 4. The van der Waals surface area contributed by atoms with Gasteiger partial charge in [0.05, 0.1) is 12.0 Å². The predicted octanol–water partition coefficient (Wildman–Crippen LogP) is 4.07. The number of nitrogens with zero attached hydrogens (tertiary/aromatic N) is 4. The molecule has 0 radical (unpaired) electrons. The van der Waals surface area contributed by atoms with Crippen molar-refractivity contribution in [1.82, 2.24) is 19.5 Å². The summed E-state index contributed by atoms with van der Waals surface area (Å²) in [7, 11) is 0. The Morgan fingerprint density at radius 1 is 0.833 bits per heavy atom. The Hall–Kier alpha value is -3.47. The maximum absolute atomic E-state index is 4.39. The van der Waals surface area contributed by atoms with Crippen molar-refractivity contribution in [2.75, 3.05) is 5.32 Å². The Labute approximate surface area is 139 Å². The second-order valence-electron chi connectivity index (χ2n) is 5.29. The molecule has 0 saturated carbocycles. The third-order valence-electron chi connectivity index (χ3n) is 3.64. The lowest BCUT2D eigenvalue weighted by atomic mass is 10.2. The Morgan fingerprint density at radius 3 is 2.67 bits per heavy atom. The third-order valence-corrected chi connectivity index (χ3v) is 3.64. The molecule has 0 aliphatic rings. The van der Waals surface area contributed by atoms with Gasteiger partial charge >= 0.3 is 0 Å². The minimum atomic E-state index is 0.779. The minimum Gasteiger partial charge on any atom is -0.340 e. The molecule has 3 heterocycles. The van der Waals surface area contributed by atoms with Gasteiger partial charge in [-0.2, -0.15) is 0 Å². The predicted molar refractivity (Wildman–Crippen MR) is 94.3 cm³/mol. The van der Waals surface area contributed by atoms with E-state index in [-0.39, 0.29) is 0 Å². The van der Waals surface area contributed by atoms with Crippen molar-refractivity contribution in [2.45, 2.75) is 0 Å². The molecule has 5 heteroatoms. The first-order valence-electron chi connectivity index (χ1n) is 7.61. The van der Waals surface area contributed by atoms with E-state index in [2.05, 4.69) is 26.3 Å². The number of imidazole rings is 1. The van der Waals surface area contributed by atoms with E-state index in [0.29, 0.717) is 0 Å². The lowest BCUT2D eigenvalue weighted by molar-refractivity contribution is 1.06. The topological polar surface area (TPSA) is 55.6 Å². The highest BCUT2D eigenvalue weighted by Gasteiger charge is 2.03. The van der Waals surface area contributed by atoms with Crippen molar-refractivity contribution in [3.8, 4) is 16.9 Å². The monoisotopic (exact) mass is 313 g/mol. The SMILES string of the molecule is c1ccc(-c2ccnc(Nc3cccc(-n4ccnc4)c3)c2)nc1. The number of hydrogen-bond donors (Lipinski definition) is 1. The van der Waals surface area contributed by atoms with Crippen molar-refractivity contribution in [3.63, 3.8) is 0 Å². The van der Waals surface area contributed by atoms with Gasteiger partial charge in [0.15, 0.2) is 0 Å². The van der Waals surface area contributed by atoms with Crippen molar-refractivity contribution in [3.05, 3.63) is 85.7 Å². The van der Waals surface area contributed by atoms with Gasteiger partial charge in [-0.05, 0) is 42.5 Å². The Morgan fingerprint density at radius 2 is 1.83 bits per heavy atom. The molecular weight excluding hydrogens is 298 g/mol. The van der Waals surface area contributed by atoms with E-state index < -0.39 is 0 Å². The summed E-state index contributed by atoms with van der Waals surface area (Å²) in [5, 5.41) is 3.34. The van der Waals surface area contributed by atoms with Crippen molar-refractivity contribution >= 4 is 11.5 Å². The molecule has 0 saturated heterocycles. The van der Waals surface area contributed by atoms with Gasteiger partial charge in [-0.15, -0.1) is 0 Å². The van der Waals surface area contributed by atoms with Crippen molar-refractivity contribution in [1.29, 1.82) is 0 Å². The van der Waals surface area contributed by atoms with E-state index in [1.54, 1.807) is 24.9 Å². The number of aromatic nitrogens is 4. The molecule has 1 aromatic carbocycles. The van der Waals surface area contributed by atoms with Crippen LogP contribution in [-0.2, 0) is 0 Å². The van der Waals surface area contributed by atoms with Gasteiger partial charge in [-0.3, -0.25) is 4.98 Å². The van der Waals surface area contributed by atoms with Crippen molar-refractivity contribution in [2.24, 2.45) is 0 Å². The molecule has 5 nitrogen and oxygen atoms in total. The first-order chi connectivity index (χ1) is 11.9. The van der Waals surface area contributed by atoms with Crippen LogP contribution in [0.5, 0.6) is 0 Å². The van der Waals surface area contributed by atoms with Crippen LogP contribution in [0.2, 0.25) is 0 Å². The van der Waals surface area contributed by atoms with Gasteiger partial charge in [0, 0.05) is 41.7 Å². The van der Waals surface area contributed by atoms with Crippen LogP contribution in [0.3, 0.4) is 0 Å². The van der Waals surface area contributed by atoms with E-state index in [9.17, 15) is 0 Å². The average Bonchev–Trinajstić information content (AvgIpc) is 3.18. The van der Waals surface area contributed by atoms with Crippen LogP contribution in [0.1, 0.15) is 0 Å². The van der Waals surface area contributed by atoms with Crippen LogP contribution >= 0.6 is 0 Å². The van der Waals surface area contributed by atoms with Gasteiger partial charge in [0.2, 0.25) is 0 Å². The molecule has 0 spiro atoms. The maximum Gasteiger partial charge on any atom is 0.130 e. The highest BCUT2D eigenvalue weighted by Crippen LogP contribution is 2.22. The number of anilines is 2. The fraction of sp³-hybridized carbons (Fsp3) is 0. The van der Waals surface area contributed by atoms with Gasteiger partial charge in [-0.1, -0.05) is 12.1 Å². The fourth-order valence-electron chi connectivity index (χ4n) is 2.50. The number of pyridine rings is 2. The maximum atomic E-state index is 4.39. The summed E-state index contributed by atoms with van der Waals surface area (Å²) in [6.07, 6.45) is 9.03. The van der Waals surface area contributed by atoms with Gasteiger partial charge < -0.3 is 9.88 Å². The third kappa shape index (κ3) is 3.01. The molecule has 0 atom stereocenters. The summed E-state index contributed by atoms with van der Waals surface area (Å²) in [6, 6.07) is 17.9. The normalized spacial score (nSPS) is 10.5. The lowest BCUT2D eigenvalue weighted by Gasteiger charge is -2.09.